The lowest BCUT2D eigenvalue weighted by molar-refractivity contribution is -0.147. The molecule has 0 amide bonds. The highest BCUT2D eigenvalue weighted by Crippen LogP contribution is 2.04. The number of nitrogens with zero attached hydrogens (tertiary/aromatic N) is 1. The third-order valence-corrected chi connectivity index (χ3v) is 2.17. The maximum Gasteiger partial charge on any atom is 0.326 e. The summed E-state index contributed by atoms with van der Waals surface area (Å²) in [6, 6.07) is 0. The highest BCUT2D eigenvalue weighted by atomic mass is 16.5. The van der Waals surface area contributed by atoms with E-state index >= 15 is 0 Å². The second kappa shape index (κ2) is 6.83. The van der Waals surface area contributed by atoms with Gasteiger partial charge in [0.05, 0.1) is 19.8 Å². The molecule has 0 saturated heterocycles. The third-order valence-electron chi connectivity index (χ3n) is 2.17. The van der Waals surface area contributed by atoms with Crippen LogP contribution in [0.5, 0.6) is 0 Å². The summed E-state index contributed by atoms with van der Waals surface area (Å²) >= 11 is 0. The minimum absolute atomic E-state index is 0.221. The fourth-order valence-electron chi connectivity index (χ4n) is 1.38. The van der Waals surface area contributed by atoms with Crippen molar-refractivity contribution in [1.82, 2.24) is 4.90 Å². The normalized spacial score (nSPS) is 15.2. The number of ether oxygens (including phenoxy) is 2. The van der Waals surface area contributed by atoms with Crippen LogP contribution in [0, 0.1) is 0 Å². The monoisotopic (exact) mass is 232 g/mol. The largest absolute Gasteiger partial charge is 0.468 e. The van der Waals surface area contributed by atoms with E-state index in [-0.39, 0.29) is 6.10 Å². The van der Waals surface area contributed by atoms with Gasteiger partial charge in [-0.05, 0) is 27.8 Å². The molecule has 0 aromatic rings. The van der Waals surface area contributed by atoms with Crippen molar-refractivity contribution < 1.29 is 14.3 Å². The van der Waals surface area contributed by atoms with Gasteiger partial charge in [-0.2, -0.15) is 0 Å². The lowest BCUT2D eigenvalue weighted by Gasteiger charge is -2.27. The van der Waals surface area contributed by atoms with Crippen LogP contribution in [0.1, 0.15) is 20.8 Å². The lowest BCUT2D eigenvalue weighted by atomic mass is 10.0. The summed E-state index contributed by atoms with van der Waals surface area (Å²) in [4.78, 5) is 13.3. The molecule has 5 heteroatoms. The Morgan fingerprint density at radius 2 is 2.06 bits per heavy atom. The summed E-state index contributed by atoms with van der Waals surface area (Å²) < 4.78 is 10.1. The molecule has 0 aliphatic rings. The van der Waals surface area contributed by atoms with Crippen LogP contribution in [0.2, 0.25) is 0 Å². The van der Waals surface area contributed by atoms with Gasteiger partial charge in [-0.15, -0.1) is 0 Å². The highest BCUT2D eigenvalue weighted by Gasteiger charge is 2.30. The zero-order valence-electron chi connectivity index (χ0n) is 10.9. The summed E-state index contributed by atoms with van der Waals surface area (Å²) in [6.07, 6.45) is 0.221. The van der Waals surface area contributed by atoms with Gasteiger partial charge in [0.15, 0.2) is 0 Å². The van der Waals surface area contributed by atoms with Crippen molar-refractivity contribution in [3.63, 3.8) is 0 Å². The molecule has 5 nitrogen and oxygen atoms in total. The molecule has 0 heterocycles. The third kappa shape index (κ3) is 6.05. The first-order valence-electron chi connectivity index (χ1n) is 5.47. The Balaban J connectivity index is 3.94. The molecule has 2 N–H and O–H groups in total. The van der Waals surface area contributed by atoms with Crippen molar-refractivity contribution in [2.24, 2.45) is 5.73 Å². The second-order valence-corrected chi connectivity index (χ2v) is 4.57. The van der Waals surface area contributed by atoms with Gasteiger partial charge in [0.2, 0.25) is 0 Å². The van der Waals surface area contributed by atoms with E-state index in [0.717, 1.165) is 6.54 Å². The molecule has 0 rings (SSSR count). The van der Waals surface area contributed by atoms with Crippen molar-refractivity contribution in [2.75, 3.05) is 33.9 Å². The number of hydrogen-bond donors (Lipinski definition) is 1. The van der Waals surface area contributed by atoms with Gasteiger partial charge >= 0.3 is 5.97 Å². The number of carbonyl (C=O) groups excluding carboxylic acids is 1. The molecule has 0 aliphatic heterocycles. The Bertz CT molecular complexity index is 217. The molecular formula is C11H24N2O3. The molecule has 0 fully saturated rings. The van der Waals surface area contributed by atoms with Crippen LogP contribution in [0.25, 0.3) is 0 Å². The molecule has 16 heavy (non-hydrogen) atoms. The predicted molar refractivity (Wildman–Crippen MR) is 63.2 cm³/mol. The van der Waals surface area contributed by atoms with Crippen molar-refractivity contribution in [2.45, 2.75) is 32.4 Å². The summed E-state index contributed by atoms with van der Waals surface area (Å²) in [7, 11) is 3.24. The minimum atomic E-state index is -0.971. The van der Waals surface area contributed by atoms with Crippen molar-refractivity contribution in [3.05, 3.63) is 0 Å². The van der Waals surface area contributed by atoms with E-state index in [1.54, 1.807) is 6.92 Å². The van der Waals surface area contributed by atoms with Crippen molar-refractivity contribution >= 4 is 5.97 Å². The molecule has 0 spiro atoms. The maximum absolute atomic E-state index is 11.3. The fourth-order valence-corrected chi connectivity index (χ4v) is 1.38. The van der Waals surface area contributed by atoms with Gasteiger partial charge in [-0.3, -0.25) is 4.79 Å². The lowest BCUT2D eigenvalue weighted by Crippen LogP contribution is -2.54. The standard InChI is InChI=1S/C11H24N2O3/c1-9(2)16-7-6-13(4)8-11(3,12)10(14)15-5/h9H,6-8,12H2,1-5H3. The number of nitrogens with two attached hydrogens (primary N) is 1. The van der Waals surface area contributed by atoms with Crippen LogP contribution in [0.3, 0.4) is 0 Å². The van der Waals surface area contributed by atoms with E-state index in [0.29, 0.717) is 13.2 Å². The van der Waals surface area contributed by atoms with Crippen LogP contribution in [-0.4, -0.2) is 56.4 Å². The molecule has 1 unspecified atom stereocenters. The topological polar surface area (TPSA) is 64.8 Å². The zero-order valence-corrected chi connectivity index (χ0v) is 10.9. The molecular weight excluding hydrogens is 208 g/mol. The van der Waals surface area contributed by atoms with Gasteiger partial charge in [-0.1, -0.05) is 0 Å². The molecule has 0 aromatic carbocycles. The van der Waals surface area contributed by atoms with Crippen LogP contribution < -0.4 is 5.73 Å². The van der Waals surface area contributed by atoms with Gasteiger partial charge in [0.25, 0.3) is 0 Å². The first-order valence-corrected chi connectivity index (χ1v) is 5.47. The molecule has 0 saturated carbocycles. The number of rotatable bonds is 7. The average Bonchev–Trinajstić information content (AvgIpc) is 2.14. The van der Waals surface area contributed by atoms with E-state index in [1.807, 2.05) is 25.8 Å². The van der Waals surface area contributed by atoms with Crippen molar-refractivity contribution in [3.8, 4) is 0 Å². The SMILES string of the molecule is COC(=O)C(C)(N)CN(C)CCOC(C)C. The first kappa shape index (κ1) is 15.3. The highest BCUT2D eigenvalue weighted by molar-refractivity contribution is 5.80. The summed E-state index contributed by atoms with van der Waals surface area (Å²) in [5.41, 5.74) is 4.88. The van der Waals surface area contributed by atoms with Crippen LogP contribution in [-0.2, 0) is 14.3 Å². The Morgan fingerprint density at radius 1 is 1.50 bits per heavy atom. The van der Waals surface area contributed by atoms with Gasteiger partial charge in [0.1, 0.15) is 5.54 Å². The maximum atomic E-state index is 11.3. The Hall–Kier alpha value is -0.650. The Kier molecular flexibility index (Phi) is 6.55. The van der Waals surface area contributed by atoms with Crippen molar-refractivity contribution in [1.29, 1.82) is 0 Å². The number of hydrogen-bond acceptors (Lipinski definition) is 5. The number of likely N-dealkylation sites (N-methyl/N-ethyl adjacent to an activating group) is 1. The average molecular weight is 232 g/mol. The van der Waals surface area contributed by atoms with Crippen LogP contribution >= 0.6 is 0 Å². The summed E-state index contributed by atoms with van der Waals surface area (Å²) in [5, 5.41) is 0. The Morgan fingerprint density at radius 3 is 2.50 bits per heavy atom. The van der Waals surface area contributed by atoms with E-state index in [1.165, 1.54) is 7.11 Å². The van der Waals surface area contributed by atoms with E-state index in [2.05, 4.69) is 4.74 Å². The summed E-state index contributed by atoms with van der Waals surface area (Å²) in [5.74, 6) is -0.399. The Labute approximate surface area is 97.9 Å². The first-order chi connectivity index (χ1) is 7.29. The number of carbonyl (C=O) groups is 1. The molecule has 0 aliphatic carbocycles. The van der Waals surface area contributed by atoms with E-state index in [4.69, 9.17) is 10.5 Å². The number of methoxy groups -OCH3 is 1. The minimum Gasteiger partial charge on any atom is -0.468 e. The molecule has 96 valence electrons. The second-order valence-electron chi connectivity index (χ2n) is 4.57. The van der Waals surface area contributed by atoms with Crippen LogP contribution in [0.4, 0.5) is 0 Å². The summed E-state index contributed by atoms with van der Waals surface area (Å²) in [6.45, 7) is 7.45. The van der Waals surface area contributed by atoms with Gasteiger partial charge in [0, 0.05) is 13.1 Å². The van der Waals surface area contributed by atoms with Gasteiger partial charge < -0.3 is 20.1 Å². The number of esters is 1. The predicted octanol–water partition coefficient (Wildman–Crippen LogP) is 0.234. The zero-order chi connectivity index (χ0) is 12.8. The molecule has 0 bridgehead atoms. The van der Waals surface area contributed by atoms with Gasteiger partial charge in [-0.25, -0.2) is 0 Å². The smallest absolute Gasteiger partial charge is 0.326 e. The molecule has 0 radical (unpaired) electrons. The molecule has 1 atom stereocenters. The molecule has 0 aromatic heterocycles. The van der Waals surface area contributed by atoms with E-state index in [9.17, 15) is 4.79 Å². The fraction of sp³-hybridized carbons (Fsp3) is 0.909. The quantitative estimate of drug-likeness (QED) is 0.637. The van der Waals surface area contributed by atoms with E-state index < -0.39 is 11.5 Å². The van der Waals surface area contributed by atoms with Crippen LogP contribution in [0.15, 0.2) is 0 Å².